The molecule has 2 heterocycles. The number of benzene rings is 2. The number of phenols is 1. The van der Waals surface area contributed by atoms with E-state index in [0.717, 1.165) is 50.1 Å². The number of rotatable bonds is 6. The van der Waals surface area contributed by atoms with Crippen LogP contribution in [-0.2, 0) is 4.79 Å². The van der Waals surface area contributed by atoms with Crippen molar-refractivity contribution in [3.05, 3.63) is 64.7 Å². The van der Waals surface area contributed by atoms with Gasteiger partial charge in [-0.3, -0.25) is 9.69 Å². The molecule has 4 rings (SSSR count). The molecule has 8 heteroatoms. The van der Waals surface area contributed by atoms with E-state index in [1.807, 2.05) is 31.1 Å². The molecular weight excluding hydrogens is 485 g/mol. The van der Waals surface area contributed by atoms with Crippen molar-refractivity contribution in [2.24, 2.45) is 11.3 Å². The summed E-state index contributed by atoms with van der Waals surface area (Å²) in [5, 5.41) is 20.5. The minimum absolute atomic E-state index is 0.00441. The van der Waals surface area contributed by atoms with Crippen LogP contribution in [-0.4, -0.2) is 76.5 Å². The first kappa shape index (κ1) is 28.0. The Morgan fingerprint density at radius 2 is 1.57 bits per heavy atom. The van der Waals surface area contributed by atoms with Crippen molar-refractivity contribution < 1.29 is 14.9 Å². The molecule has 0 aliphatic carbocycles. The number of hydrogen-bond acceptors (Lipinski definition) is 5. The van der Waals surface area contributed by atoms with E-state index in [1.54, 1.807) is 12.1 Å². The largest absolute Gasteiger partial charge is 0.508 e. The number of halogens is 1. The average molecular weight is 526 g/mol. The highest BCUT2D eigenvalue weighted by molar-refractivity contribution is 6.45. The maximum atomic E-state index is 13.6. The highest BCUT2D eigenvalue weighted by atomic mass is 35.5. The van der Waals surface area contributed by atoms with Crippen molar-refractivity contribution in [3.8, 4) is 5.75 Å². The molecule has 2 atom stereocenters. The van der Waals surface area contributed by atoms with Gasteiger partial charge in [-0.2, -0.15) is 0 Å². The summed E-state index contributed by atoms with van der Waals surface area (Å²) >= 11 is 6.20. The predicted molar refractivity (Wildman–Crippen MR) is 151 cm³/mol. The highest BCUT2D eigenvalue weighted by Crippen LogP contribution is 2.36. The Morgan fingerprint density at radius 3 is 2.11 bits per heavy atom. The van der Waals surface area contributed by atoms with Gasteiger partial charge in [-0.05, 0) is 79.5 Å². The Balaban J connectivity index is 1.53. The van der Waals surface area contributed by atoms with Gasteiger partial charge < -0.3 is 19.8 Å². The van der Waals surface area contributed by atoms with Crippen molar-refractivity contribution in [3.63, 3.8) is 0 Å². The Bertz CT molecular complexity index is 988. The van der Waals surface area contributed by atoms with Crippen LogP contribution in [0.4, 0.5) is 0 Å². The van der Waals surface area contributed by atoms with Crippen LogP contribution in [0.15, 0.2) is 48.5 Å². The second-order valence-electron chi connectivity index (χ2n) is 11.8. The highest BCUT2D eigenvalue weighted by Gasteiger charge is 2.40. The van der Waals surface area contributed by atoms with Crippen LogP contribution in [0.1, 0.15) is 57.2 Å². The van der Waals surface area contributed by atoms with Crippen molar-refractivity contribution in [1.82, 2.24) is 14.6 Å². The standard InChI is InChI=1S/C29H41BClN3O3/c1-29(2,3)26-20-32(17-18-34(26)27(36)19-21-13-15-33(16-14-21)30(4)37)28(22-5-9-24(31)10-6-22)23-7-11-25(35)12-8-23/h5-12,21,26,28,35,37H,13-20H2,1-4H3/t26-,28?/m1/s1. The van der Waals surface area contributed by atoms with Gasteiger partial charge in [-0.25, -0.2) is 0 Å². The molecule has 0 radical (unpaired) electrons. The first-order valence-corrected chi connectivity index (χ1v) is 13.9. The number of carbonyl (C=O) groups excluding carboxylic acids is 1. The van der Waals surface area contributed by atoms with Gasteiger partial charge in [0, 0.05) is 37.1 Å². The molecule has 1 unspecified atom stereocenters. The molecule has 6 nitrogen and oxygen atoms in total. The van der Waals surface area contributed by atoms with Crippen LogP contribution in [0.5, 0.6) is 5.75 Å². The molecule has 2 aromatic rings. The number of piperidine rings is 1. The lowest BCUT2D eigenvalue weighted by Gasteiger charge is -2.50. The third kappa shape index (κ3) is 6.88. The number of aromatic hydroxyl groups is 1. The number of nitrogens with zero attached hydrogens (tertiary/aromatic N) is 3. The van der Waals surface area contributed by atoms with E-state index >= 15 is 0 Å². The van der Waals surface area contributed by atoms with Gasteiger partial charge in [0.2, 0.25) is 5.91 Å². The monoisotopic (exact) mass is 525 g/mol. The van der Waals surface area contributed by atoms with Gasteiger partial charge in [-0.1, -0.05) is 56.6 Å². The van der Waals surface area contributed by atoms with Crippen molar-refractivity contribution >= 4 is 24.6 Å². The Morgan fingerprint density at radius 1 is 1.00 bits per heavy atom. The molecule has 2 aromatic carbocycles. The summed E-state index contributed by atoms with van der Waals surface area (Å²) in [5.74, 6) is 0.878. The second-order valence-corrected chi connectivity index (χ2v) is 12.3. The van der Waals surface area contributed by atoms with Crippen LogP contribution in [0.25, 0.3) is 0 Å². The normalized spacial score (nSPS) is 21.1. The third-order valence-corrected chi connectivity index (χ3v) is 8.38. The quantitative estimate of drug-likeness (QED) is 0.525. The molecule has 0 aromatic heterocycles. The zero-order valence-electron chi connectivity index (χ0n) is 22.6. The minimum Gasteiger partial charge on any atom is -0.508 e. The summed E-state index contributed by atoms with van der Waals surface area (Å²) in [6.45, 7) is 12.4. The smallest absolute Gasteiger partial charge is 0.376 e. The van der Waals surface area contributed by atoms with E-state index in [1.165, 1.54) is 0 Å². The molecule has 0 bridgehead atoms. The van der Waals surface area contributed by atoms with Crippen LogP contribution in [0.2, 0.25) is 11.8 Å². The van der Waals surface area contributed by atoms with Crippen LogP contribution in [0.3, 0.4) is 0 Å². The molecule has 2 N–H and O–H groups in total. The first-order chi connectivity index (χ1) is 17.5. The van der Waals surface area contributed by atoms with Gasteiger partial charge >= 0.3 is 7.05 Å². The summed E-state index contributed by atoms with van der Waals surface area (Å²) in [5.41, 5.74) is 2.17. The van der Waals surface area contributed by atoms with Crippen molar-refractivity contribution in [2.45, 2.75) is 58.9 Å². The van der Waals surface area contributed by atoms with E-state index in [0.29, 0.717) is 23.9 Å². The second kappa shape index (κ2) is 11.8. The maximum Gasteiger partial charge on any atom is 0.376 e. The first-order valence-electron chi connectivity index (χ1n) is 13.5. The fourth-order valence-corrected chi connectivity index (χ4v) is 6.02. The maximum absolute atomic E-state index is 13.6. The molecule has 2 saturated heterocycles. The molecule has 2 aliphatic rings. The minimum atomic E-state index is -0.419. The third-order valence-electron chi connectivity index (χ3n) is 8.13. The molecule has 0 saturated carbocycles. The van der Waals surface area contributed by atoms with Gasteiger partial charge in [0.25, 0.3) is 0 Å². The zero-order valence-corrected chi connectivity index (χ0v) is 23.4. The Kier molecular flexibility index (Phi) is 8.90. The Hall–Kier alpha value is -2.06. The average Bonchev–Trinajstić information content (AvgIpc) is 2.86. The molecule has 2 fully saturated rings. The predicted octanol–water partition coefficient (Wildman–Crippen LogP) is 4.91. The van der Waals surface area contributed by atoms with E-state index in [4.69, 9.17) is 11.6 Å². The van der Waals surface area contributed by atoms with E-state index in [2.05, 4.69) is 47.5 Å². The van der Waals surface area contributed by atoms with Crippen molar-refractivity contribution in [2.75, 3.05) is 32.7 Å². The summed E-state index contributed by atoms with van der Waals surface area (Å²) < 4.78 is 0. The number of carbonyl (C=O) groups is 1. The van der Waals surface area contributed by atoms with E-state index in [9.17, 15) is 14.9 Å². The van der Waals surface area contributed by atoms with Crippen LogP contribution >= 0.6 is 11.6 Å². The van der Waals surface area contributed by atoms with Crippen molar-refractivity contribution in [1.29, 1.82) is 0 Å². The topological polar surface area (TPSA) is 67.2 Å². The Labute approximate surface area is 227 Å². The van der Waals surface area contributed by atoms with E-state index in [-0.39, 0.29) is 29.2 Å². The zero-order chi connectivity index (χ0) is 26.7. The molecular formula is C29H41BClN3O3. The fourth-order valence-electron chi connectivity index (χ4n) is 5.89. The molecule has 2 aliphatic heterocycles. The summed E-state index contributed by atoms with van der Waals surface area (Å²) in [6, 6.07) is 15.5. The van der Waals surface area contributed by atoms with E-state index < -0.39 is 7.05 Å². The SMILES string of the molecule is CB(O)N1CCC(CC(=O)N2CCN(C(c3ccc(O)cc3)c3ccc(Cl)cc3)C[C@@H]2C(C)(C)C)CC1. The lowest BCUT2D eigenvalue weighted by atomic mass is 9.80. The lowest BCUT2D eigenvalue weighted by Crippen LogP contribution is -2.60. The number of phenolic OH excluding ortho intramolecular Hbond substituents is 1. The summed E-state index contributed by atoms with van der Waals surface area (Å²) in [7, 11) is -0.419. The number of amides is 1. The van der Waals surface area contributed by atoms with Crippen LogP contribution < -0.4 is 0 Å². The number of piperazine rings is 1. The summed E-state index contributed by atoms with van der Waals surface area (Å²) in [4.78, 5) is 20.3. The molecule has 0 spiro atoms. The van der Waals surface area contributed by atoms with Gasteiger partial charge in [-0.15, -0.1) is 0 Å². The van der Waals surface area contributed by atoms with Gasteiger partial charge in [0.05, 0.1) is 6.04 Å². The van der Waals surface area contributed by atoms with Gasteiger partial charge in [0.15, 0.2) is 0 Å². The van der Waals surface area contributed by atoms with Gasteiger partial charge in [0.1, 0.15) is 5.75 Å². The molecule has 200 valence electrons. The molecule has 1 amide bonds. The fraction of sp³-hybridized carbons (Fsp3) is 0.552. The molecule has 37 heavy (non-hydrogen) atoms. The van der Waals surface area contributed by atoms with Crippen LogP contribution in [0, 0.1) is 11.3 Å². The lowest BCUT2D eigenvalue weighted by molar-refractivity contribution is -0.141. The number of hydrogen-bond donors (Lipinski definition) is 2. The summed E-state index contributed by atoms with van der Waals surface area (Å²) in [6.07, 6.45) is 2.49.